The molecule has 0 unspecified atom stereocenters. The lowest BCUT2D eigenvalue weighted by Gasteiger charge is -2.17. The van der Waals surface area contributed by atoms with Gasteiger partial charge in [0.2, 0.25) is 11.8 Å². The van der Waals surface area contributed by atoms with Crippen LogP contribution in [0.4, 0.5) is 16.5 Å². The molecule has 0 saturated carbocycles. The molecule has 35 heavy (non-hydrogen) atoms. The molecule has 0 aliphatic rings. The topological polar surface area (TPSA) is 71.5 Å². The third-order valence-electron chi connectivity index (χ3n) is 5.07. The maximum absolute atomic E-state index is 12.6. The Morgan fingerprint density at radius 3 is 2.46 bits per heavy atom. The summed E-state index contributed by atoms with van der Waals surface area (Å²) in [6.45, 7) is 3.87. The number of carbonyl (C=O) groups is 2. The van der Waals surface area contributed by atoms with Crippen LogP contribution in [0, 0.1) is 6.92 Å². The van der Waals surface area contributed by atoms with Crippen LogP contribution in [0.15, 0.2) is 90.3 Å². The molecule has 0 spiro atoms. The van der Waals surface area contributed by atoms with E-state index < -0.39 is 0 Å². The number of ether oxygens (including phenoxy) is 1. The number of aromatic nitrogens is 1. The van der Waals surface area contributed by atoms with Crippen molar-refractivity contribution in [2.24, 2.45) is 0 Å². The molecule has 0 aliphatic heterocycles. The van der Waals surface area contributed by atoms with E-state index in [0.717, 1.165) is 16.8 Å². The summed E-state index contributed by atoms with van der Waals surface area (Å²) in [6, 6.07) is 24.8. The molecule has 4 aromatic rings. The highest BCUT2D eigenvalue weighted by molar-refractivity contribution is 7.14. The molecule has 176 valence electrons. The zero-order chi connectivity index (χ0) is 24.6. The first-order chi connectivity index (χ1) is 17.0. The van der Waals surface area contributed by atoms with Gasteiger partial charge in [0.15, 0.2) is 5.13 Å². The van der Waals surface area contributed by atoms with Crippen molar-refractivity contribution in [3.63, 3.8) is 0 Å². The Balaban J connectivity index is 1.44. The van der Waals surface area contributed by atoms with Gasteiger partial charge in [-0.15, -0.1) is 11.3 Å². The number of carbonyl (C=O) groups excluding carboxylic acids is 2. The van der Waals surface area contributed by atoms with E-state index in [1.54, 1.807) is 16.4 Å². The second-order valence-corrected chi connectivity index (χ2v) is 8.68. The van der Waals surface area contributed by atoms with Crippen molar-refractivity contribution < 1.29 is 14.3 Å². The molecule has 0 radical (unpaired) electrons. The number of anilines is 3. The third kappa shape index (κ3) is 6.43. The van der Waals surface area contributed by atoms with E-state index in [1.807, 2.05) is 85.8 Å². The third-order valence-corrected chi connectivity index (χ3v) is 5.91. The van der Waals surface area contributed by atoms with Crippen LogP contribution in [0.2, 0.25) is 0 Å². The summed E-state index contributed by atoms with van der Waals surface area (Å²) < 4.78 is 5.97. The average Bonchev–Trinajstić information content (AvgIpc) is 3.32. The lowest BCUT2D eigenvalue weighted by atomic mass is 10.2. The predicted octanol–water partition coefficient (Wildman–Crippen LogP) is 6.37. The zero-order valence-electron chi connectivity index (χ0n) is 19.5. The number of hydrogen-bond donors (Lipinski definition) is 1. The van der Waals surface area contributed by atoms with Crippen LogP contribution in [0.5, 0.6) is 5.75 Å². The SMILES string of the molecule is CC(=O)N(c1ccccc1)c1nc(C=CC(=O)Nc2ccc(C)cc2OCc2ccccc2)cs1. The van der Waals surface area contributed by atoms with Gasteiger partial charge in [-0.05, 0) is 48.4 Å². The van der Waals surface area contributed by atoms with Crippen molar-refractivity contribution in [3.8, 4) is 5.75 Å². The number of thiazole rings is 1. The molecule has 1 heterocycles. The smallest absolute Gasteiger partial charge is 0.248 e. The van der Waals surface area contributed by atoms with Crippen LogP contribution in [0.25, 0.3) is 6.08 Å². The van der Waals surface area contributed by atoms with E-state index in [0.29, 0.717) is 28.9 Å². The van der Waals surface area contributed by atoms with Gasteiger partial charge in [0.25, 0.3) is 0 Å². The number of rotatable bonds is 8. The van der Waals surface area contributed by atoms with E-state index in [-0.39, 0.29) is 11.8 Å². The second-order valence-electron chi connectivity index (χ2n) is 7.84. The molecule has 6 nitrogen and oxygen atoms in total. The minimum absolute atomic E-state index is 0.138. The first-order valence-corrected chi connectivity index (χ1v) is 12.0. The van der Waals surface area contributed by atoms with Crippen molar-refractivity contribution in [3.05, 3.63) is 107 Å². The van der Waals surface area contributed by atoms with Crippen molar-refractivity contribution in [1.29, 1.82) is 0 Å². The summed E-state index contributed by atoms with van der Waals surface area (Å²) in [6.07, 6.45) is 3.04. The van der Waals surface area contributed by atoms with Crippen LogP contribution >= 0.6 is 11.3 Å². The Morgan fingerprint density at radius 1 is 1.03 bits per heavy atom. The van der Waals surface area contributed by atoms with E-state index >= 15 is 0 Å². The lowest BCUT2D eigenvalue weighted by Crippen LogP contribution is -2.22. The summed E-state index contributed by atoms with van der Waals surface area (Å²) in [5.41, 5.74) is 3.99. The molecular formula is C28H25N3O3S. The normalized spacial score (nSPS) is 10.8. The number of aryl methyl sites for hydroxylation is 1. The van der Waals surface area contributed by atoms with E-state index in [2.05, 4.69) is 10.3 Å². The Hall–Kier alpha value is -4.23. The van der Waals surface area contributed by atoms with Gasteiger partial charge >= 0.3 is 0 Å². The summed E-state index contributed by atoms with van der Waals surface area (Å²) in [5.74, 6) is 0.159. The minimum atomic E-state index is -0.306. The first kappa shape index (κ1) is 23.9. The average molecular weight is 484 g/mol. The van der Waals surface area contributed by atoms with Gasteiger partial charge in [0, 0.05) is 18.4 Å². The molecule has 4 rings (SSSR count). The van der Waals surface area contributed by atoms with Gasteiger partial charge in [-0.25, -0.2) is 4.98 Å². The second kappa shape index (κ2) is 11.3. The summed E-state index contributed by atoms with van der Waals surface area (Å²) in [7, 11) is 0. The van der Waals surface area contributed by atoms with Crippen molar-refractivity contribution in [2.75, 3.05) is 10.2 Å². The maximum atomic E-state index is 12.6. The fourth-order valence-electron chi connectivity index (χ4n) is 3.38. The summed E-state index contributed by atoms with van der Waals surface area (Å²) in [4.78, 5) is 30.9. The number of nitrogens with one attached hydrogen (secondary N) is 1. The highest BCUT2D eigenvalue weighted by Gasteiger charge is 2.17. The largest absolute Gasteiger partial charge is 0.487 e. The molecule has 0 atom stereocenters. The Labute approximate surface area is 208 Å². The maximum Gasteiger partial charge on any atom is 0.248 e. The Kier molecular flexibility index (Phi) is 7.70. The Bertz CT molecular complexity index is 1330. The molecular weight excluding hydrogens is 458 g/mol. The van der Waals surface area contributed by atoms with E-state index in [9.17, 15) is 9.59 Å². The van der Waals surface area contributed by atoms with Crippen molar-refractivity contribution in [1.82, 2.24) is 4.98 Å². The number of nitrogens with zero attached hydrogens (tertiary/aromatic N) is 2. The standard InChI is InChI=1S/C28H25N3O3S/c1-20-13-15-25(26(17-20)34-18-22-9-5-3-6-10-22)30-27(33)16-14-23-19-35-28(29-23)31(21(2)32)24-11-7-4-8-12-24/h3-17,19H,18H2,1-2H3,(H,30,33). The molecule has 0 saturated heterocycles. The summed E-state index contributed by atoms with van der Waals surface area (Å²) >= 11 is 1.34. The molecule has 7 heteroatoms. The fraction of sp³-hybridized carbons (Fsp3) is 0.107. The van der Waals surface area contributed by atoms with E-state index in [1.165, 1.54) is 24.3 Å². The van der Waals surface area contributed by atoms with Gasteiger partial charge in [0.05, 0.1) is 17.1 Å². The van der Waals surface area contributed by atoms with Crippen LogP contribution in [-0.4, -0.2) is 16.8 Å². The quantitative estimate of drug-likeness (QED) is 0.296. The molecule has 3 aromatic carbocycles. The molecule has 0 fully saturated rings. The monoisotopic (exact) mass is 483 g/mol. The summed E-state index contributed by atoms with van der Waals surface area (Å²) in [5, 5.41) is 5.22. The minimum Gasteiger partial charge on any atom is -0.487 e. The van der Waals surface area contributed by atoms with E-state index in [4.69, 9.17) is 4.74 Å². The van der Waals surface area contributed by atoms with Crippen LogP contribution in [-0.2, 0) is 16.2 Å². The first-order valence-electron chi connectivity index (χ1n) is 11.1. The van der Waals surface area contributed by atoms with Crippen LogP contribution < -0.4 is 15.0 Å². The van der Waals surface area contributed by atoms with Gasteiger partial charge < -0.3 is 10.1 Å². The molecule has 0 aliphatic carbocycles. The van der Waals surface area contributed by atoms with Gasteiger partial charge in [-0.2, -0.15) is 0 Å². The molecule has 0 bridgehead atoms. The zero-order valence-corrected chi connectivity index (χ0v) is 20.3. The fourth-order valence-corrected chi connectivity index (χ4v) is 4.24. The number of amides is 2. The molecule has 1 N–H and O–H groups in total. The molecule has 1 aromatic heterocycles. The predicted molar refractivity (Wildman–Crippen MR) is 141 cm³/mol. The van der Waals surface area contributed by atoms with Crippen LogP contribution in [0.1, 0.15) is 23.7 Å². The highest BCUT2D eigenvalue weighted by Crippen LogP contribution is 2.29. The number of benzene rings is 3. The Morgan fingerprint density at radius 2 is 1.74 bits per heavy atom. The lowest BCUT2D eigenvalue weighted by molar-refractivity contribution is -0.116. The number of para-hydroxylation sites is 1. The van der Waals surface area contributed by atoms with Crippen molar-refractivity contribution >= 4 is 45.7 Å². The van der Waals surface area contributed by atoms with Gasteiger partial charge in [-0.1, -0.05) is 54.6 Å². The molecule has 2 amide bonds. The van der Waals surface area contributed by atoms with Gasteiger partial charge in [-0.3, -0.25) is 14.5 Å². The van der Waals surface area contributed by atoms with Crippen LogP contribution in [0.3, 0.4) is 0 Å². The van der Waals surface area contributed by atoms with Gasteiger partial charge in [0.1, 0.15) is 12.4 Å². The highest BCUT2D eigenvalue weighted by atomic mass is 32.1. The number of hydrogen-bond acceptors (Lipinski definition) is 5. The van der Waals surface area contributed by atoms with Crippen molar-refractivity contribution in [2.45, 2.75) is 20.5 Å².